The van der Waals surface area contributed by atoms with E-state index in [1.807, 2.05) is 93.6 Å². The fourth-order valence-corrected chi connectivity index (χ4v) is 3.23. The maximum Gasteiger partial charge on any atom is 0.635 e. The Bertz CT molecular complexity index is 742. The fraction of sp³-hybridized carbons (Fsp3) is 0.182. The van der Waals surface area contributed by atoms with Crippen molar-refractivity contribution in [3.63, 3.8) is 0 Å². The molecular formula is C22H23BO3. The lowest BCUT2D eigenvalue weighted by Gasteiger charge is -2.36. The first-order chi connectivity index (χ1) is 12.4. The molecule has 26 heavy (non-hydrogen) atoms. The van der Waals surface area contributed by atoms with Crippen LogP contribution in [0, 0.1) is 20.8 Å². The van der Waals surface area contributed by atoms with Crippen LogP contribution in [0.1, 0.15) is 33.4 Å². The number of hydrogen-bond donors (Lipinski definition) is 2. The zero-order valence-electron chi connectivity index (χ0n) is 15.3. The SMILES string of the molecule is Cc1ccc(C(OB(O)O)(c2ccc(C)cc2)c2ccc(C)cc2)cc1. The van der Waals surface area contributed by atoms with Gasteiger partial charge >= 0.3 is 7.32 Å². The normalized spacial score (nSPS) is 11.4. The molecule has 0 radical (unpaired) electrons. The monoisotopic (exact) mass is 346 g/mol. The van der Waals surface area contributed by atoms with E-state index < -0.39 is 12.9 Å². The first kappa shape index (κ1) is 18.4. The van der Waals surface area contributed by atoms with E-state index in [1.165, 1.54) is 0 Å². The van der Waals surface area contributed by atoms with Gasteiger partial charge in [0.05, 0.1) is 0 Å². The quantitative estimate of drug-likeness (QED) is 0.544. The molecule has 0 fully saturated rings. The minimum Gasteiger partial charge on any atom is -0.402 e. The average Bonchev–Trinajstić information content (AvgIpc) is 2.62. The van der Waals surface area contributed by atoms with Crippen molar-refractivity contribution in [3.8, 4) is 0 Å². The van der Waals surface area contributed by atoms with E-state index in [0.717, 1.165) is 33.4 Å². The molecule has 3 nitrogen and oxygen atoms in total. The lowest BCUT2D eigenvalue weighted by molar-refractivity contribution is 0.0815. The molecule has 0 heterocycles. The largest absolute Gasteiger partial charge is 0.635 e. The van der Waals surface area contributed by atoms with Gasteiger partial charge in [-0.2, -0.15) is 0 Å². The maximum atomic E-state index is 9.77. The van der Waals surface area contributed by atoms with Crippen LogP contribution < -0.4 is 0 Å². The average molecular weight is 346 g/mol. The minimum atomic E-state index is -1.92. The third-order valence-electron chi connectivity index (χ3n) is 4.66. The highest BCUT2D eigenvalue weighted by Crippen LogP contribution is 2.41. The van der Waals surface area contributed by atoms with Crippen LogP contribution in [0.3, 0.4) is 0 Å². The second kappa shape index (κ2) is 7.46. The summed E-state index contributed by atoms with van der Waals surface area (Å²) in [4.78, 5) is 0. The summed E-state index contributed by atoms with van der Waals surface area (Å²) in [5, 5.41) is 19.5. The van der Waals surface area contributed by atoms with E-state index in [4.69, 9.17) is 4.65 Å². The van der Waals surface area contributed by atoms with Gasteiger partial charge in [-0.25, -0.2) is 0 Å². The molecule has 0 spiro atoms. The summed E-state index contributed by atoms with van der Waals surface area (Å²) in [6, 6.07) is 23.8. The van der Waals surface area contributed by atoms with Crippen LogP contribution in [0.4, 0.5) is 0 Å². The summed E-state index contributed by atoms with van der Waals surface area (Å²) in [7, 11) is -1.92. The first-order valence-corrected chi connectivity index (χ1v) is 8.67. The van der Waals surface area contributed by atoms with Gasteiger partial charge in [0.15, 0.2) is 0 Å². The molecule has 2 N–H and O–H groups in total. The molecule has 0 unspecified atom stereocenters. The van der Waals surface area contributed by atoms with E-state index in [9.17, 15) is 10.0 Å². The van der Waals surface area contributed by atoms with E-state index >= 15 is 0 Å². The Morgan fingerprint density at radius 1 is 0.577 bits per heavy atom. The van der Waals surface area contributed by atoms with Crippen LogP contribution in [0.5, 0.6) is 0 Å². The second-order valence-electron chi connectivity index (χ2n) is 6.72. The van der Waals surface area contributed by atoms with Gasteiger partial charge in [-0.15, -0.1) is 0 Å². The molecule has 0 saturated heterocycles. The Morgan fingerprint density at radius 3 is 1.08 bits per heavy atom. The van der Waals surface area contributed by atoms with Crippen LogP contribution >= 0.6 is 0 Å². The molecule has 0 aromatic heterocycles. The standard InChI is InChI=1S/C22H23BO3/c1-16-4-10-19(11-5-16)22(26-23(24)25,20-12-6-17(2)7-13-20)21-14-8-18(3)9-15-21/h4-15,24-25H,1-3H3. The molecule has 132 valence electrons. The van der Waals surface area contributed by atoms with Crippen molar-refractivity contribution in [3.05, 3.63) is 106 Å². The smallest absolute Gasteiger partial charge is 0.402 e. The maximum absolute atomic E-state index is 9.77. The molecular weight excluding hydrogens is 323 g/mol. The summed E-state index contributed by atoms with van der Waals surface area (Å²) < 4.78 is 5.83. The minimum absolute atomic E-state index is 0.837. The Morgan fingerprint density at radius 2 is 0.846 bits per heavy atom. The summed E-state index contributed by atoms with van der Waals surface area (Å²) in [6.45, 7) is 6.06. The van der Waals surface area contributed by atoms with Gasteiger partial charge in [-0.3, -0.25) is 0 Å². The molecule has 4 heteroatoms. The van der Waals surface area contributed by atoms with Gasteiger partial charge in [0.2, 0.25) is 0 Å². The second-order valence-corrected chi connectivity index (χ2v) is 6.72. The highest BCUT2D eigenvalue weighted by molar-refractivity contribution is 6.33. The van der Waals surface area contributed by atoms with Crippen LogP contribution in [0.15, 0.2) is 72.8 Å². The van der Waals surface area contributed by atoms with E-state index in [1.54, 1.807) is 0 Å². The highest BCUT2D eigenvalue weighted by atomic mass is 16.6. The Kier molecular flexibility index (Phi) is 5.28. The number of aryl methyl sites for hydroxylation is 3. The lowest BCUT2D eigenvalue weighted by Crippen LogP contribution is -2.39. The molecule has 0 bridgehead atoms. The van der Waals surface area contributed by atoms with Gasteiger partial charge in [-0.1, -0.05) is 89.5 Å². The Balaban J connectivity index is 2.31. The molecule has 3 rings (SSSR count). The van der Waals surface area contributed by atoms with Crippen molar-refractivity contribution >= 4 is 7.32 Å². The van der Waals surface area contributed by atoms with Crippen molar-refractivity contribution in [2.24, 2.45) is 0 Å². The summed E-state index contributed by atoms with van der Waals surface area (Å²) >= 11 is 0. The van der Waals surface area contributed by atoms with Crippen LogP contribution in [-0.4, -0.2) is 17.4 Å². The Hall–Kier alpha value is -2.40. The molecule has 0 atom stereocenters. The van der Waals surface area contributed by atoms with Gasteiger partial charge in [-0.05, 0) is 37.5 Å². The predicted molar refractivity (Wildman–Crippen MR) is 105 cm³/mol. The number of hydrogen-bond acceptors (Lipinski definition) is 3. The van der Waals surface area contributed by atoms with E-state index in [2.05, 4.69) is 0 Å². The van der Waals surface area contributed by atoms with Crippen LogP contribution in [0.25, 0.3) is 0 Å². The van der Waals surface area contributed by atoms with Crippen molar-refractivity contribution in [1.29, 1.82) is 0 Å². The van der Waals surface area contributed by atoms with Crippen molar-refractivity contribution < 1.29 is 14.7 Å². The summed E-state index contributed by atoms with van der Waals surface area (Å²) in [5.41, 5.74) is 4.76. The molecule has 0 saturated carbocycles. The summed E-state index contributed by atoms with van der Waals surface area (Å²) in [5.74, 6) is 0. The first-order valence-electron chi connectivity index (χ1n) is 8.67. The topological polar surface area (TPSA) is 49.7 Å². The lowest BCUT2D eigenvalue weighted by atomic mass is 9.78. The van der Waals surface area contributed by atoms with E-state index in [-0.39, 0.29) is 0 Å². The van der Waals surface area contributed by atoms with Gasteiger partial charge in [0.1, 0.15) is 5.60 Å². The Labute approximate surface area is 155 Å². The fourth-order valence-electron chi connectivity index (χ4n) is 3.23. The predicted octanol–water partition coefficient (Wildman–Crippen LogP) is 3.89. The van der Waals surface area contributed by atoms with E-state index in [0.29, 0.717) is 0 Å². The van der Waals surface area contributed by atoms with Gasteiger partial charge in [0, 0.05) is 0 Å². The van der Waals surface area contributed by atoms with Crippen molar-refractivity contribution in [1.82, 2.24) is 0 Å². The number of benzene rings is 3. The summed E-state index contributed by atoms with van der Waals surface area (Å²) in [6.07, 6.45) is 0. The zero-order valence-corrected chi connectivity index (χ0v) is 15.3. The third-order valence-corrected chi connectivity index (χ3v) is 4.66. The van der Waals surface area contributed by atoms with Crippen LogP contribution in [-0.2, 0) is 10.3 Å². The molecule has 0 amide bonds. The van der Waals surface area contributed by atoms with Gasteiger partial charge < -0.3 is 14.7 Å². The molecule has 3 aromatic carbocycles. The molecule has 0 aliphatic heterocycles. The zero-order chi connectivity index (χ0) is 18.7. The van der Waals surface area contributed by atoms with Crippen LogP contribution in [0.2, 0.25) is 0 Å². The number of rotatable bonds is 5. The third kappa shape index (κ3) is 3.58. The highest BCUT2D eigenvalue weighted by Gasteiger charge is 2.40. The molecule has 0 aliphatic carbocycles. The van der Waals surface area contributed by atoms with Crippen molar-refractivity contribution in [2.45, 2.75) is 26.4 Å². The van der Waals surface area contributed by atoms with Gasteiger partial charge in [0.25, 0.3) is 0 Å². The van der Waals surface area contributed by atoms with Crippen molar-refractivity contribution in [2.75, 3.05) is 0 Å². The molecule has 0 aliphatic rings. The molecule has 3 aromatic rings.